The van der Waals surface area contributed by atoms with E-state index in [0.29, 0.717) is 11.8 Å². The number of hydrogen-bond acceptors (Lipinski definition) is 5. The lowest BCUT2D eigenvalue weighted by Gasteiger charge is -2.29. The van der Waals surface area contributed by atoms with E-state index in [0.717, 1.165) is 58.2 Å². The highest BCUT2D eigenvalue weighted by Crippen LogP contribution is 2.28. The molecule has 0 aromatic heterocycles. The van der Waals surface area contributed by atoms with Crippen LogP contribution >= 0.6 is 0 Å². The quantitative estimate of drug-likeness (QED) is 0.571. The van der Waals surface area contributed by atoms with Crippen molar-refractivity contribution < 1.29 is 0 Å². The molecule has 3 aliphatic heterocycles. The van der Waals surface area contributed by atoms with Crippen LogP contribution in [0.25, 0.3) is 4.85 Å². The van der Waals surface area contributed by atoms with Crippen molar-refractivity contribution in [1.82, 2.24) is 19.6 Å². The van der Waals surface area contributed by atoms with Crippen molar-refractivity contribution in [3.63, 3.8) is 0 Å². The molecule has 2 unspecified atom stereocenters. The Morgan fingerprint density at radius 2 is 1.54 bits per heavy atom. The summed E-state index contributed by atoms with van der Waals surface area (Å²) in [6.45, 7) is 15.8. The maximum absolute atomic E-state index is 9.44. The van der Waals surface area contributed by atoms with Crippen molar-refractivity contribution in [3.05, 3.63) is 22.9 Å². The van der Waals surface area contributed by atoms with Gasteiger partial charge in [-0.05, 0) is 51.9 Å². The highest BCUT2D eigenvalue weighted by atomic mass is 15.4. The molecule has 0 aromatic carbocycles. The summed E-state index contributed by atoms with van der Waals surface area (Å²) in [7, 11) is 4.34. The average Bonchev–Trinajstić information content (AvgIpc) is 3.25. The Morgan fingerprint density at radius 3 is 1.88 bits per heavy atom. The van der Waals surface area contributed by atoms with Gasteiger partial charge in [0.05, 0.1) is 12.6 Å². The SMILES string of the molecule is [C-]#[N+]C(C#N)=C1N(CC2CCN(C)C2)CCN1CC1CCN(C)C1. The van der Waals surface area contributed by atoms with E-state index in [1.165, 1.54) is 12.8 Å². The lowest BCUT2D eigenvalue weighted by Crippen LogP contribution is -2.32. The molecule has 0 N–H and O–H groups in total. The largest absolute Gasteiger partial charge is 0.364 e. The first-order valence-corrected chi connectivity index (χ1v) is 8.99. The number of nitriles is 1. The van der Waals surface area contributed by atoms with Crippen LogP contribution < -0.4 is 0 Å². The van der Waals surface area contributed by atoms with Crippen molar-refractivity contribution in [1.29, 1.82) is 5.26 Å². The molecule has 130 valence electrons. The molecular weight excluding hydrogens is 300 g/mol. The second kappa shape index (κ2) is 7.42. The number of likely N-dealkylation sites (tertiary alicyclic amines) is 2. The zero-order chi connectivity index (χ0) is 17.1. The predicted molar refractivity (Wildman–Crippen MR) is 93.6 cm³/mol. The maximum Gasteiger partial charge on any atom is 0.300 e. The van der Waals surface area contributed by atoms with Crippen LogP contribution in [0.1, 0.15) is 12.8 Å². The Labute approximate surface area is 145 Å². The van der Waals surface area contributed by atoms with E-state index in [1.54, 1.807) is 0 Å². The van der Waals surface area contributed by atoms with Gasteiger partial charge in [0.25, 0.3) is 0 Å². The molecular formula is C18H28N6. The lowest BCUT2D eigenvalue weighted by atomic mass is 10.1. The molecule has 2 atom stereocenters. The zero-order valence-corrected chi connectivity index (χ0v) is 14.9. The zero-order valence-electron chi connectivity index (χ0n) is 14.9. The Bertz CT molecular complexity index is 523. The first-order valence-electron chi connectivity index (χ1n) is 8.99. The van der Waals surface area contributed by atoms with E-state index in [2.05, 4.69) is 44.6 Å². The van der Waals surface area contributed by atoms with Crippen LogP contribution in [0.15, 0.2) is 11.5 Å². The molecule has 0 bridgehead atoms. The van der Waals surface area contributed by atoms with E-state index in [1.807, 2.05) is 0 Å². The van der Waals surface area contributed by atoms with E-state index in [9.17, 15) is 5.26 Å². The third kappa shape index (κ3) is 3.66. The molecule has 3 aliphatic rings. The van der Waals surface area contributed by atoms with Crippen LogP contribution in [0, 0.1) is 29.7 Å². The van der Waals surface area contributed by atoms with Gasteiger partial charge in [0.1, 0.15) is 5.82 Å². The van der Waals surface area contributed by atoms with Crippen LogP contribution in [-0.4, -0.2) is 86.1 Å². The molecule has 0 aromatic rings. The minimum Gasteiger partial charge on any atom is -0.364 e. The van der Waals surface area contributed by atoms with Gasteiger partial charge >= 0.3 is 5.70 Å². The summed E-state index contributed by atoms with van der Waals surface area (Å²) >= 11 is 0. The van der Waals surface area contributed by atoms with Gasteiger partial charge in [-0.15, -0.1) is 0 Å². The summed E-state index contributed by atoms with van der Waals surface area (Å²) in [6.07, 6.45) is 2.43. The number of nitrogens with zero attached hydrogens (tertiary/aromatic N) is 6. The molecule has 3 rings (SSSR count). The van der Waals surface area contributed by atoms with Gasteiger partial charge < -0.3 is 19.6 Å². The normalized spacial score (nSPS) is 28.4. The highest BCUT2D eigenvalue weighted by molar-refractivity contribution is 5.33. The minimum atomic E-state index is 0.269. The molecule has 0 saturated carbocycles. The smallest absolute Gasteiger partial charge is 0.300 e. The lowest BCUT2D eigenvalue weighted by molar-refractivity contribution is 0.266. The first kappa shape index (κ1) is 17.1. The minimum absolute atomic E-state index is 0.269. The van der Waals surface area contributed by atoms with Crippen LogP contribution in [0.3, 0.4) is 0 Å². The molecule has 6 heteroatoms. The second-order valence-electron chi connectivity index (χ2n) is 7.62. The van der Waals surface area contributed by atoms with Crippen LogP contribution in [0.5, 0.6) is 0 Å². The standard InChI is InChI=1S/C18H28N6/c1-20-17(10-19)18-23(13-15-4-6-21(2)11-15)8-9-24(18)14-16-5-7-22(3)12-16/h15-16H,4-9,11-14H2,2-3H3. The summed E-state index contributed by atoms with van der Waals surface area (Å²) < 4.78 is 0. The summed E-state index contributed by atoms with van der Waals surface area (Å²) in [5.41, 5.74) is 0.269. The first-order chi connectivity index (χ1) is 11.6. The Morgan fingerprint density at radius 1 is 1.04 bits per heavy atom. The maximum atomic E-state index is 9.44. The van der Waals surface area contributed by atoms with Crippen LogP contribution in [0.4, 0.5) is 0 Å². The van der Waals surface area contributed by atoms with Crippen molar-refractivity contribution in [2.45, 2.75) is 12.8 Å². The van der Waals surface area contributed by atoms with Crippen molar-refractivity contribution in [2.75, 3.05) is 66.5 Å². The van der Waals surface area contributed by atoms with Crippen LogP contribution in [-0.2, 0) is 0 Å². The predicted octanol–water partition coefficient (Wildman–Crippen LogP) is 1.12. The van der Waals surface area contributed by atoms with Gasteiger partial charge in [0, 0.05) is 39.3 Å². The fourth-order valence-electron chi connectivity index (χ4n) is 4.41. The molecule has 24 heavy (non-hydrogen) atoms. The Balaban J connectivity index is 1.72. The van der Waals surface area contributed by atoms with Crippen molar-refractivity contribution >= 4 is 0 Å². The number of hydrogen-bond donors (Lipinski definition) is 0. The van der Waals surface area contributed by atoms with Gasteiger partial charge in [0.2, 0.25) is 0 Å². The van der Waals surface area contributed by atoms with E-state index in [-0.39, 0.29) is 5.70 Å². The number of rotatable bonds is 4. The molecule has 6 nitrogen and oxygen atoms in total. The third-order valence-electron chi connectivity index (χ3n) is 5.60. The van der Waals surface area contributed by atoms with Gasteiger partial charge in [-0.1, -0.05) is 0 Å². The third-order valence-corrected chi connectivity index (χ3v) is 5.60. The fourth-order valence-corrected chi connectivity index (χ4v) is 4.41. The average molecular weight is 328 g/mol. The Kier molecular flexibility index (Phi) is 5.28. The molecule has 0 aliphatic carbocycles. The molecule has 3 heterocycles. The topological polar surface area (TPSA) is 41.1 Å². The van der Waals surface area contributed by atoms with Gasteiger partial charge in [-0.25, -0.2) is 10.1 Å². The molecule has 0 spiro atoms. The fraction of sp³-hybridized carbons (Fsp3) is 0.778. The molecule has 0 amide bonds. The molecule has 3 saturated heterocycles. The van der Waals surface area contributed by atoms with Crippen molar-refractivity contribution in [3.8, 4) is 6.07 Å². The van der Waals surface area contributed by atoms with Gasteiger partial charge in [-0.2, -0.15) is 0 Å². The van der Waals surface area contributed by atoms with Gasteiger partial charge in [0.15, 0.2) is 0 Å². The van der Waals surface area contributed by atoms with Gasteiger partial charge in [-0.3, -0.25) is 0 Å². The summed E-state index contributed by atoms with van der Waals surface area (Å²) in [5.74, 6) is 2.19. The van der Waals surface area contributed by atoms with E-state index < -0.39 is 0 Å². The molecule has 3 fully saturated rings. The summed E-state index contributed by atoms with van der Waals surface area (Å²) in [6, 6.07) is 2.14. The van der Waals surface area contributed by atoms with Crippen molar-refractivity contribution in [2.24, 2.45) is 11.8 Å². The summed E-state index contributed by atoms with van der Waals surface area (Å²) in [4.78, 5) is 12.9. The van der Waals surface area contributed by atoms with Crippen LogP contribution in [0.2, 0.25) is 0 Å². The van der Waals surface area contributed by atoms with E-state index >= 15 is 0 Å². The van der Waals surface area contributed by atoms with E-state index in [4.69, 9.17) is 6.57 Å². The molecule has 0 radical (unpaired) electrons. The summed E-state index contributed by atoms with van der Waals surface area (Å²) in [5, 5.41) is 9.44. The highest BCUT2D eigenvalue weighted by Gasteiger charge is 2.33. The monoisotopic (exact) mass is 328 g/mol. The second-order valence-corrected chi connectivity index (χ2v) is 7.62. The Hall–Kier alpha value is -1.76. The number of allylic oxidation sites excluding steroid dienone is 1.